The van der Waals surface area contributed by atoms with Gasteiger partial charge in [0.05, 0.1) is 41.5 Å². The van der Waals surface area contributed by atoms with Crippen LogP contribution in [0.15, 0.2) is 12.2 Å². The lowest BCUT2D eigenvalue weighted by Crippen LogP contribution is -2.61. The van der Waals surface area contributed by atoms with Crippen molar-refractivity contribution in [2.24, 2.45) is 23.7 Å². The molecule has 2 bridgehead atoms. The highest BCUT2D eigenvalue weighted by Crippen LogP contribution is 2.42. The van der Waals surface area contributed by atoms with Crippen LogP contribution in [-0.4, -0.2) is 141 Å². The van der Waals surface area contributed by atoms with Crippen LogP contribution in [0.1, 0.15) is 89.4 Å². The lowest BCUT2D eigenvalue weighted by Gasteiger charge is -2.49. The summed E-state index contributed by atoms with van der Waals surface area (Å²) in [5.41, 5.74) is -2.20. The number of hydrogen-bond donors (Lipinski definition) is 2. The van der Waals surface area contributed by atoms with E-state index >= 15 is 0 Å². The minimum Gasteiger partial charge on any atom is -0.457 e. The molecule has 4 saturated heterocycles. The van der Waals surface area contributed by atoms with Crippen LogP contribution < -0.4 is 0 Å². The summed E-state index contributed by atoms with van der Waals surface area (Å²) in [6.45, 7) is 20.6. The maximum Gasteiger partial charge on any atom is 0.509 e. The number of carbonyl (C=O) groups excluding carboxylic acids is 2. The van der Waals surface area contributed by atoms with Gasteiger partial charge >= 0.3 is 12.1 Å². The van der Waals surface area contributed by atoms with Gasteiger partial charge in [0.2, 0.25) is 1.43 Å². The van der Waals surface area contributed by atoms with Crippen LogP contribution in [0.25, 0.3) is 0 Å². The molecule has 14 nitrogen and oxygen atoms in total. The molecule has 0 amide bonds. The molecule has 4 heterocycles. The molecule has 312 valence electrons. The Morgan fingerprint density at radius 3 is 2.33 bits per heavy atom. The molecule has 4 aliphatic rings. The summed E-state index contributed by atoms with van der Waals surface area (Å²) >= 11 is 0.980. The number of cyclic esters (lactones) is 1. The summed E-state index contributed by atoms with van der Waals surface area (Å²) < 4.78 is 71.7. The van der Waals surface area contributed by atoms with Crippen LogP contribution in [0.5, 0.6) is 0 Å². The minimum atomic E-state index is -1.66. The zero-order valence-electron chi connectivity index (χ0n) is 36.2. The first kappa shape index (κ1) is 42.1. The summed E-state index contributed by atoms with van der Waals surface area (Å²) in [5, 5.41) is 17.8. The van der Waals surface area contributed by atoms with Gasteiger partial charge in [-0.1, -0.05) is 34.3 Å². The van der Waals surface area contributed by atoms with Gasteiger partial charge in [0.1, 0.15) is 30.5 Å². The molecule has 4 rings (SSSR count). The first-order chi connectivity index (χ1) is 26.2. The number of likely N-dealkylation sites (N-methyl/N-ethyl adjacent to an activating group) is 1. The SMILES string of the molecule is [3H]CSO[C@H]1C(O[C@@H]2[C@@H](C)[C@H](OC3C[C@@](C)(OC)[C@@H](O[3H])[C@H](C)O3)[C@@H](C)C(=O)O[C@H](CC)C(=C)[C@@H]3OC(=O)O[C@H]([C@@H]3C)[C@H](C)C[C@@]2(C)O)O[C@H](C)C[C@@H]1N(C)C. The van der Waals surface area contributed by atoms with Crippen LogP contribution in [0.4, 0.5) is 4.79 Å². The molecule has 0 radical (unpaired) electrons. The Morgan fingerprint density at radius 2 is 1.72 bits per heavy atom. The van der Waals surface area contributed by atoms with E-state index in [4.69, 9.17) is 50.0 Å². The monoisotopic (exact) mass is 793 g/mol. The number of rotatable bonds is 10. The zero-order chi connectivity index (χ0) is 41.9. The Balaban J connectivity index is 1.85. The number of aliphatic hydroxyl groups excluding tert-OH is 1. The Hall–Kier alpha value is -1.53. The van der Waals surface area contributed by atoms with Crippen LogP contribution in [-0.2, 0) is 46.9 Å². The van der Waals surface area contributed by atoms with Crippen LogP contribution in [0.2, 0.25) is 0 Å². The molecule has 0 spiro atoms. The normalized spacial score (nSPS) is 47.5. The van der Waals surface area contributed by atoms with E-state index in [1.165, 1.54) is 7.11 Å². The average Bonchev–Trinajstić information content (AvgIpc) is 3.13. The highest BCUT2D eigenvalue weighted by atomic mass is 32.2. The Bertz CT molecular complexity index is 1330. The van der Waals surface area contributed by atoms with Gasteiger partial charge in [0, 0.05) is 44.6 Å². The largest absolute Gasteiger partial charge is 0.509 e. The summed E-state index contributed by atoms with van der Waals surface area (Å²) in [7, 11) is 5.42. The Morgan fingerprint density at radius 1 is 1.02 bits per heavy atom. The van der Waals surface area contributed by atoms with Crippen molar-refractivity contribution < 1.29 is 63.3 Å². The fraction of sp³-hybridized carbons (Fsp3) is 0.897. The fourth-order valence-electron chi connectivity index (χ4n) is 8.98. The maximum atomic E-state index is 14.3. The predicted molar refractivity (Wildman–Crippen MR) is 201 cm³/mol. The van der Waals surface area contributed by atoms with Crippen LogP contribution in [0, 0.1) is 23.7 Å². The van der Waals surface area contributed by atoms with E-state index in [1.54, 1.807) is 20.8 Å². The van der Waals surface area contributed by atoms with Crippen molar-refractivity contribution in [3.63, 3.8) is 0 Å². The second-order valence-electron chi connectivity index (χ2n) is 16.7. The third-order valence-electron chi connectivity index (χ3n) is 12.1. The van der Waals surface area contributed by atoms with Gasteiger partial charge in [-0.3, -0.25) is 4.79 Å². The van der Waals surface area contributed by atoms with Gasteiger partial charge in [0.25, 0.3) is 0 Å². The molecule has 0 saturated carbocycles. The molecule has 15 heteroatoms. The van der Waals surface area contributed by atoms with Crippen molar-refractivity contribution >= 4 is 24.2 Å². The molecule has 2 unspecified atom stereocenters. The molecule has 0 aromatic rings. The third-order valence-corrected chi connectivity index (χ3v) is 12.4. The number of ether oxygens (including phenoxy) is 8. The quantitative estimate of drug-likeness (QED) is 0.175. The Labute approximate surface area is 329 Å². The van der Waals surface area contributed by atoms with Crippen molar-refractivity contribution in [2.75, 3.05) is 27.4 Å². The van der Waals surface area contributed by atoms with Gasteiger partial charge in [-0.25, -0.2) is 4.79 Å². The second-order valence-corrected chi connectivity index (χ2v) is 17.1. The van der Waals surface area contributed by atoms with Crippen molar-refractivity contribution in [2.45, 2.75) is 173 Å². The highest BCUT2D eigenvalue weighted by molar-refractivity contribution is 7.93. The number of methoxy groups -OCH3 is 1. The number of aliphatic hydroxyl groups is 2. The van der Waals surface area contributed by atoms with E-state index < -0.39 is 108 Å². The van der Waals surface area contributed by atoms with Crippen LogP contribution in [0.3, 0.4) is 0 Å². The maximum absolute atomic E-state index is 14.3. The van der Waals surface area contributed by atoms with Crippen molar-refractivity contribution in [1.82, 2.24) is 4.90 Å². The molecule has 18 atom stereocenters. The summed E-state index contributed by atoms with van der Waals surface area (Å²) in [6, 6.07) is -0.156. The van der Waals surface area contributed by atoms with Gasteiger partial charge in [0.15, 0.2) is 12.6 Å². The van der Waals surface area contributed by atoms with Crippen LogP contribution >= 0.6 is 12.0 Å². The predicted octanol–water partition coefficient (Wildman–Crippen LogP) is 4.87. The molecule has 4 aliphatic heterocycles. The van der Waals surface area contributed by atoms with Gasteiger partial charge in [-0.2, -0.15) is 0 Å². The molecule has 0 aromatic carbocycles. The number of fused-ring (bicyclic) bond motifs is 2. The molecule has 0 aromatic heterocycles. The lowest BCUT2D eigenvalue weighted by molar-refractivity contribution is -0.315. The van der Waals surface area contributed by atoms with E-state index in [0.29, 0.717) is 18.4 Å². The van der Waals surface area contributed by atoms with Crippen molar-refractivity contribution in [3.05, 3.63) is 12.2 Å². The van der Waals surface area contributed by atoms with E-state index in [0.717, 1.165) is 12.0 Å². The van der Waals surface area contributed by atoms with E-state index in [2.05, 4.69) is 6.58 Å². The first-order valence-electron chi connectivity index (χ1n) is 20.4. The molecular formula is C39H67NO13S. The number of nitrogens with zero attached hydrogens (tertiary/aromatic N) is 1. The molecular weight excluding hydrogens is 722 g/mol. The van der Waals surface area contributed by atoms with Crippen molar-refractivity contribution in [3.8, 4) is 0 Å². The number of hydrogen-bond acceptors (Lipinski definition) is 15. The molecule has 4 fully saturated rings. The molecule has 2 N–H and O–H groups in total. The van der Waals surface area contributed by atoms with Crippen molar-refractivity contribution in [1.29, 1.82) is 1.43 Å². The number of carbonyl (C=O) groups is 2. The topological polar surface area (TPSA) is 161 Å². The van der Waals surface area contributed by atoms with Gasteiger partial charge in [-0.15, -0.1) is 0 Å². The standard InChI is InChI=1S/C39H67NO13S/c1-15-27-21(4)30-22(5)29(50-37(43)51-30)19(2)17-38(9,44)34(52-36-32(53-54-14)26(40(11)12)16-20(3)46-36)23(6)31(24(7)35(42)48-27)49-28-18-39(10,45-13)33(41)25(8)47-28/h19-20,22-34,36,41,44H,4,15-18H2,1-3,5-14H3/t19-,20-,22+,23+,24-,25+,26+,27-,28?,29+,30+,31+,32-,33+,34-,36?,38-,39-/m1/s1/i14T,41T. The average molecular weight is 794 g/mol. The van der Waals surface area contributed by atoms with Gasteiger partial charge in [-0.05, 0) is 85.9 Å². The lowest BCUT2D eigenvalue weighted by atomic mass is 9.74. The highest BCUT2D eigenvalue weighted by Gasteiger charge is 2.53. The third kappa shape index (κ3) is 9.76. The smallest absolute Gasteiger partial charge is 0.457 e. The first-order valence-corrected chi connectivity index (χ1v) is 20.2. The molecule has 0 aliphatic carbocycles. The summed E-state index contributed by atoms with van der Waals surface area (Å²) in [6.07, 6.45) is -8.21. The fourth-order valence-corrected chi connectivity index (χ4v) is 9.35. The van der Waals surface area contributed by atoms with Gasteiger partial charge < -0.3 is 57.2 Å². The molecule has 54 heavy (non-hydrogen) atoms. The zero-order valence-corrected chi connectivity index (χ0v) is 35.0. The summed E-state index contributed by atoms with van der Waals surface area (Å²) in [5.74, 6) is -3.13. The summed E-state index contributed by atoms with van der Waals surface area (Å²) in [4.78, 5) is 29.3. The van der Waals surface area contributed by atoms with E-state index in [9.17, 15) is 14.7 Å². The van der Waals surface area contributed by atoms with E-state index in [-0.39, 0.29) is 31.2 Å². The minimum absolute atomic E-state index is 0.0516. The number of esters is 1. The van der Waals surface area contributed by atoms with E-state index in [1.807, 2.05) is 60.5 Å². The Kier molecular flexibility index (Phi) is 14.3. The second kappa shape index (κ2) is 18.4.